The Hall–Kier alpha value is -6.06. The molecule has 0 radical (unpaired) electrons. The highest BCUT2D eigenvalue weighted by Gasteiger charge is 2.21. The standard InChI is InChI=1S/C23H26N2O3.C23H22N2O2/c1-15(2)22(27)13-24-23(28)19-10-11-20-14-25(16(3)26)21-7-5-4-6-17(21)8-9-18(20)12-19;1-15(2)22-13-24-23(27-22)19-10-11-20-14-25(16(3)26)21-7-5-4-6-17(21)8-9-18(20)12-19/h4-12,15,22,27H,13-14H2,1-3H3,(H,24,28);4-13,15H,14H2,1-3H3/b2*9-8-. The van der Waals surface area contributed by atoms with Gasteiger partial charge < -0.3 is 24.6 Å². The molecule has 5 aromatic rings. The number of anilines is 2. The summed E-state index contributed by atoms with van der Waals surface area (Å²) < 4.78 is 5.89. The van der Waals surface area contributed by atoms with Crippen molar-refractivity contribution in [3.8, 4) is 11.5 Å². The molecule has 3 amide bonds. The van der Waals surface area contributed by atoms with Crippen molar-refractivity contribution in [2.24, 2.45) is 5.92 Å². The molecular formula is C46H48N4O5. The number of fused-ring (bicyclic) bond motifs is 4. The van der Waals surface area contributed by atoms with E-state index in [2.05, 4.69) is 48.4 Å². The summed E-state index contributed by atoms with van der Waals surface area (Å²) in [6, 6.07) is 27.3. The van der Waals surface area contributed by atoms with E-state index in [1.54, 1.807) is 31.0 Å². The van der Waals surface area contributed by atoms with E-state index >= 15 is 0 Å². The number of benzene rings is 4. The van der Waals surface area contributed by atoms with Gasteiger partial charge in [0, 0.05) is 37.4 Å². The zero-order valence-corrected chi connectivity index (χ0v) is 32.2. The number of oxazole rings is 1. The van der Waals surface area contributed by atoms with E-state index < -0.39 is 6.10 Å². The molecule has 9 nitrogen and oxygen atoms in total. The zero-order valence-electron chi connectivity index (χ0n) is 32.2. The molecule has 1 atom stereocenters. The van der Waals surface area contributed by atoms with Gasteiger partial charge in [-0.25, -0.2) is 4.98 Å². The normalized spacial score (nSPS) is 14.7. The van der Waals surface area contributed by atoms with E-state index in [1.807, 2.05) is 97.6 Å². The van der Waals surface area contributed by atoms with Gasteiger partial charge in [-0.3, -0.25) is 14.4 Å². The number of hydrogen-bond donors (Lipinski definition) is 2. The Morgan fingerprint density at radius 3 is 1.78 bits per heavy atom. The van der Waals surface area contributed by atoms with Gasteiger partial charge in [0.2, 0.25) is 17.7 Å². The Kier molecular flexibility index (Phi) is 11.9. The lowest BCUT2D eigenvalue weighted by atomic mass is 9.98. The molecule has 0 saturated carbocycles. The Balaban J connectivity index is 0.000000187. The van der Waals surface area contributed by atoms with Crippen LogP contribution in [0.1, 0.15) is 97.0 Å². The lowest BCUT2D eigenvalue weighted by Gasteiger charge is -2.26. The average molecular weight is 737 g/mol. The average Bonchev–Trinajstić information content (AvgIpc) is 3.66. The maximum Gasteiger partial charge on any atom is 0.251 e. The second-order valence-corrected chi connectivity index (χ2v) is 14.6. The monoisotopic (exact) mass is 736 g/mol. The number of aliphatic hydroxyl groups excluding tert-OH is 1. The number of aromatic nitrogens is 1. The number of para-hydroxylation sites is 2. The SMILES string of the molecule is CC(=O)N1Cc2ccc(-c3ncc(C(C)C)o3)cc2/C=C\c2ccccc21.CC(=O)N1Cc2ccc(C(=O)NCC(O)C(C)C)cc2/C=C\c2ccccc21. The molecule has 55 heavy (non-hydrogen) atoms. The lowest BCUT2D eigenvalue weighted by molar-refractivity contribution is -0.117. The number of carbonyl (C=O) groups is 3. The van der Waals surface area contributed by atoms with Crippen LogP contribution in [0.2, 0.25) is 0 Å². The summed E-state index contributed by atoms with van der Waals surface area (Å²) in [7, 11) is 0. The van der Waals surface area contributed by atoms with Crippen LogP contribution in [0, 0.1) is 5.92 Å². The third kappa shape index (κ3) is 9.01. The molecule has 3 heterocycles. The Bertz CT molecular complexity index is 2270. The minimum Gasteiger partial charge on any atom is -0.441 e. The topological polar surface area (TPSA) is 116 Å². The molecule has 0 aliphatic carbocycles. The predicted molar refractivity (Wildman–Crippen MR) is 220 cm³/mol. The molecule has 1 aromatic heterocycles. The number of nitrogens with zero attached hydrogens (tertiary/aromatic N) is 3. The van der Waals surface area contributed by atoms with Crippen molar-refractivity contribution in [2.75, 3.05) is 16.3 Å². The van der Waals surface area contributed by atoms with Crippen LogP contribution in [0.3, 0.4) is 0 Å². The summed E-state index contributed by atoms with van der Waals surface area (Å²) in [5.74, 6) is 1.67. The molecule has 7 rings (SSSR count). The van der Waals surface area contributed by atoms with E-state index in [0.717, 1.165) is 56.1 Å². The van der Waals surface area contributed by atoms with Gasteiger partial charge in [0.25, 0.3) is 5.91 Å². The predicted octanol–water partition coefficient (Wildman–Crippen LogP) is 8.97. The fourth-order valence-electron chi connectivity index (χ4n) is 6.47. The Morgan fingerprint density at radius 1 is 0.727 bits per heavy atom. The van der Waals surface area contributed by atoms with Gasteiger partial charge in [-0.05, 0) is 75.7 Å². The summed E-state index contributed by atoms with van der Waals surface area (Å²) in [6.45, 7) is 12.4. The highest BCUT2D eigenvalue weighted by atomic mass is 16.4. The number of rotatable bonds is 6. The van der Waals surface area contributed by atoms with Gasteiger partial charge in [0.15, 0.2) is 0 Å². The van der Waals surface area contributed by atoms with E-state index in [0.29, 0.717) is 30.5 Å². The van der Waals surface area contributed by atoms with E-state index in [1.165, 1.54) is 0 Å². The van der Waals surface area contributed by atoms with Crippen LogP contribution in [0.4, 0.5) is 11.4 Å². The number of aliphatic hydroxyl groups is 1. The van der Waals surface area contributed by atoms with Crippen molar-refractivity contribution < 1.29 is 23.9 Å². The third-order valence-electron chi connectivity index (χ3n) is 9.89. The van der Waals surface area contributed by atoms with Gasteiger partial charge in [-0.1, -0.05) is 101 Å². The van der Waals surface area contributed by atoms with Gasteiger partial charge in [-0.2, -0.15) is 0 Å². The molecule has 282 valence electrons. The number of hydrogen-bond acceptors (Lipinski definition) is 6. The molecule has 0 fully saturated rings. The van der Waals surface area contributed by atoms with Crippen LogP contribution in [0.5, 0.6) is 0 Å². The van der Waals surface area contributed by atoms with Crippen molar-refractivity contribution in [1.29, 1.82) is 0 Å². The van der Waals surface area contributed by atoms with Gasteiger partial charge in [0.1, 0.15) is 5.76 Å². The van der Waals surface area contributed by atoms with Gasteiger partial charge in [0.05, 0.1) is 36.8 Å². The van der Waals surface area contributed by atoms with Crippen molar-refractivity contribution in [3.05, 3.63) is 136 Å². The van der Waals surface area contributed by atoms with Gasteiger partial charge in [-0.15, -0.1) is 0 Å². The molecular weight excluding hydrogens is 689 g/mol. The number of nitrogens with one attached hydrogen (secondary N) is 1. The fourth-order valence-corrected chi connectivity index (χ4v) is 6.47. The molecule has 2 aliphatic heterocycles. The number of carbonyl (C=O) groups excluding carboxylic acids is 3. The maximum atomic E-state index is 12.5. The molecule has 2 aliphatic rings. The minimum atomic E-state index is -0.575. The summed E-state index contributed by atoms with van der Waals surface area (Å²) in [5.41, 5.74) is 9.30. The lowest BCUT2D eigenvalue weighted by Crippen LogP contribution is -2.34. The van der Waals surface area contributed by atoms with Crippen molar-refractivity contribution in [3.63, 3.8) is 0 Å². The highest BCUT2D eigenvalue weighted by Crippen LogP contribution is 2.32. The highest BCUT2D eigenvalue weighted by molar-refractivity contribution is 5.98. The minimum absolute atomic E-state index is 0.0295. The summed E-state index contributed by atoms with van der Waals surface area (Å²) in [5, 5.41) is 12.7. The smallest absolute Gasteiger partial charge is 0.251 e. The second kappa shape index (κ2) is 17.0. The summed E-state index contributed by atoms with van der Waals surface area (Å²) in [4.78, 5) is 45.0. The largest absolute Gasteiger partial charge is 0.441 e. The van der Waals surface area contributed by atoms with Crippen LogP contribution < -0.4 is 15.1 Å². The number of amides is 3. The maximum absolute atomic E-state index is 12.5. The van der Waals surface area contributed by atoms with E-state index in [-0.39, 0.29) is 30.2 Å². The zero-order chi connectivity index (χ0) is 39.2. The third-order valence-corrected chi connectivity index (χ3v) is 9.89. The molecule has 9 heteroatoms. The summed E-state index contributed by atoms with van der Waals surface area (Å²) >= 11 is 0. The van der Waals surface area contributed by atoms with Crippen LogP contribution in [0.25, 0.3) is 35.8 Å². The quantitative estimate of drug-likeness (QED) is 0.180. The molecule has 0 spiro atoms. The molecule has 0 saturated heterocycles. The molecule has 4 aromatic carbocycles. The first-order valence-electron chi connectivity index (χ1n) is 18.7. The van der Waals surface area contributed by atoms with Crippen molar-refractivity contribution in [1.82, 2.24) is 10.3 Å². The molecule has 1 unspecified atom stereocenters. The van der Waals surface area contributed by atoms with Crippen LogP contribution >= 0.6 is 0 Å². The van der Waals surface area contributed by atoms with Crippen molar-refractivity contribution in [2.45, 2.75) is 66.7 Å². The van der Waals surface area contributed by atoms with Crippen LogP contribution in [-0.4, -0.2) is 40.5 Å². The Labute approximate surface area is 323 Å². The first kappa shape index (κ1) is 38.7. The van der Waals surface area contributed by atoms with E-state index in [9.17, 15) is 19.5 Å². The van der Waals surface area contributed by atoms with Crippen molar-refractivity contribution >= 4 is 53.4 Å². The van der Waals surface area contributed by atoms with Crippen LogP contribution in [0.15, 0.2) is 95.5 Å². The van der Waals surface area contributed by atoms with E-state index in [4.69, 9.17) is 4.42 Å². The fraction of sp³-hybridized carbons (Fsp3) is 0.261. The first-order chi connectivity index (χ1) is 26.4. The first-order valence-corrected chi connectivity index (χ1v) is 18.7. The Morgan fingerprint density at radius 2 is 1.25 bits per heavy atom. The van der Waals surface area contributed by atoms with Gasteiger partial charge >= 0.3 is 0 Å². The molecule has 2 N–H and O–H groups in total. The molecule has 0 bridgehead atoms. The van der Waals surface area contributed by atoms with Crippen LogP contribution in [-0.2, 0) is 22.7 Å². The second-order valence-electron chi connectivity index (χ2n) is 14.6. The summed E-state index contributed by atoms with van der Waals surface area (Å²) in [6.07, 6.45) is 9.32.